The molecule has 1 heterocycles. The second-order valence-corrected chi connectivity index (χ2v) is 7.67. The van der Waals surface area contributed by atoms with Gasteiger partial charge >= 0.3 is 0 Å². The number of nitriles is 1. The highest BCUT2D eigenvalue weighted by Gasteiger charge is 2.09. The van der Waals surface area contributed by atoms with Crippen LogP contribution in [0.2, 0.25) is 5.02 Å². The lowest BCUT2D eigenvalue weighted by Gasteiger charge is -2.03. The molecule has 0 radical (unpaired) electrons. The Kier molecular flexibility index (Phi) is 6.07. The number of halogens is 1. The lowest BCUT2D eigenvalue weighted by Crippen LogP contribution is -2.13. The Morgan fingerprint density at radius 2 is 2.00 bits per heavy atom. The van der Waals surface area contributed by atoms with Crippen LogP contribution in [0.4, 0.5) is 16.5 Å². The lowest BCUT2D eigenvalue weighted by molar-refractivity contribution is -0.113. The quantitative estimate of drug-likeness (QED) is 0.589. The average Bonchev–Trinajstić information content (AvgIpc) is 3.08. The zero-order chi connectivity index (χ0) is 18.4. The van der Waals surface area contributed by atoms with Crippen molar-refractivity contribution in [2.45, 2.75) is 4.34 Å². The average molecular weight is 402 g/mol. The maximum atomic E-state index is 12.0. The molecular weight excluding hydrogens is 390 g/mol. The van der Waals surface area contributed by atoms with Crippen molar-refractivity contribution in [1.82, 2.24) is 10.2 Å². The molecule has 3 aromatic rings. The minimum absolute atomic E-state index is 0.153. The summed E-state index contributed by atoms with van der Waals surface area (Å²) in [7, 11) is 0. The highest BCUT2D eigenvalue weighted by atomic mass is 35.5. The number of nitrogens with one attached hydrogen (secondary N) is 2. The molecule has 9 heteroatoms. The maximum Gasteiger partial charge on any atom is 0.234 e. The van der Waals surface area contributed by atoms with Crippen LogP contribution in [0.15, 0.2) is 52.9 Å². The summed E-state index contributed by atoms with van der Waals surface area (Å²) in [5.41, 5.74) is 2.02. The zero-order valence-electron chi connectivity index (χ0n) is 13.3. The van der Waals surface area contributed by atoms with E-state index in [1.165, 1.54) is 23.1 Å². The first-order valence-corrected chi connectivity index (χ1v) is 9.59. The van der Waals surface area contributed by atoms with E-state index in [1.807, 2.05) is 18.2 Å². The molecule has 130 valence electrons. The number of carbonyl (C=O) groups is 1. The molecule has 6 nitrogen and oxygen atoms in total. The van der Waals surface area contributed by atoms with Gasteiger partial charge in [0.15, 0.2) is 4.34 Å². The summed E-state index contributed by atoms with van der Waals surface area (Å²) in [6.45, 7) is 0. The van der Waals surface area contributed by atoms with Gasteiger partial charge < -0.3 is 10.6 Å². The van der Waals surface area contributed by atoms with Crippen LogP contribution in [0.3, 0.4) is 0 Å². The van der Waals surface area contributed by atoms with Gasteiger partial charge in [-0.2, -0.15) is 5.26 Å². The van der Waals surface area contributed by atoms with Crippen molar-refractivity contribution >= 4 is 57.1 Å². The van der Waals surface area contributed by atoms with Crippen molar-refractivity contribution in [1.29, 1.82) is 5.26 Å². The Hall–Kier alpha value is -2.60. The number of hydrogen-bond acceptors (Lipinski definition) is 7. The minimum Gasteiger partial charge on any atom is -0.330 e. The van der Waals surface area contributed by atoms with Gasteiger partial charge in [-0.15, -0.1) is 10.2 Å². The molecule has 0 saturated heterocycles. The van der Waals surface area contributed by atoms with Crippen molar-refractivity contribution in [2.24, 2.45) is 0 Å². The number of nitrogens with zero attached hydrogens (tertiary/aromatic N) is 3. The van der Waals surface area contributed by atoms with E-state index in [4.69, 9.17) is 16.9 Å². The number of aromatic nitrogens is 2. The van der Waals surface area contributed by atoms with Crippen LogP contribution in [0, 0.1) is 11.3 Å². The number of carbonyl (C=O) groups excluding carboxylic acids is 1. The molecule has 0 aliphatic heterocycles. The van der Waals surface area contributed by atoms with Crippen LogP contribution >= 0.6 is 34.7 Å². The molecule has 1 amide bonds. The summed E-state index contributed by atoms with van der Waals surface area (Å²) in [6, 6.07) is 16.0. The lowest BCUT2D eigenvalue weighted by atomic mass is 10.2. The second kappa shape index (κ2) is 8.67. The van der Waals surface area contributed by atoms with Crippen molar-refractivity contribution in [2.75, 3.05) is 16.4 Å². The standard InChI is InChI=1S/C17H12ClN5OS2/c18-12-2-1-3-14(8-12)21-16-22-23-17(26-16)25-10-15(24)20-13-6-4-11(9-19)5-7-13/h1-8H,10H2,(H,20,24)(H,21,22). The van der Waals surface area contributed by atoms with E-state index in [-0.39, 0.29) is 11.7 Å². The SMILES string of the molecule is N#Cc1ccc(NC(=O)CSc2nnc(Nc3cccc(Cl)c3)s2)cc1. The van der Waals surface area contributed by atoms with Gasteiger partial charge in [0.1, 0.15) is 0 Å². The molecule has 2 N–H and O–H groups in total. The van der Waals surface area contributed by atoms with Gasteiger partial charge in [-0.3, -0.25) is 4.79 Å². The first-order valence-electron chi connectivity index (χ1n) is 7.41. The predicted octanol–water partition coefficient (Wildman–Crippen LogP) is 4.54. The van der Waals surface area contributed by atoms with E-state index in [9.17, 15) is 4.79 Å². The molecule has 1 aromatic heterocycles. The number of rotatable bonds is 6. The van der Waals surface area contributed by atoms with Crippen LogP contribution in [0.5, 0.6) is 0 Å². The van der Waals surface area contributed by atoms with Crippen LogP contribution in [0.1, 0.15) is 5.56 Å². The fourth-order valence-electron chi connectivity index (χ4n) is 1.96. The number of anilines is 3. The van der Waals surface area contributed by atoms with Crippen LogP contribution in [-0.2, 0) is 4.79 Å². The van der Waals surface area contributed by atoms with E-state index >= 15 is 0 Å². The summed E-state index contributed by atoms with van der Waals surface area (Å²) in [4.78, 5) is 12.0. The number of benzene rings is 2. The third-order valence-corrected chi connectivity index (χ3v) is 5.31. The predicted molar refractivity (Wildman–Crippen MR) is 105 cm³/mol. The van der Waals surface area contributed by atoms with E-state index in [1.54, 1.807) is 36.4 Å². The first kappa shape index (κ1) is 18.2. The molecule has 26 heavy (non-hydrogen) atoms. The third kappa shape index (κ3) is 5.20. The molecule has 3 rings (SSSR count). The van der Waals surface area contributed by atoms with Crippen LogP contribution < -0.4 is 10.6 Å². The maximum absolute atomic E-state index is 12.0. The Labute approximate surface area is 163 Å². The van der Waals surface area contributed by atoms with Gasteiger partial charge in [-0.1, -0.05) is 40.8 Å². The van der Waals surface area contributed by atoms with Crippen molar-refractivity contribution < 1.29 is 4.79 Å². The summed E-state index contributed by atoms with van der Waals surface area (Å²) in [6.07, 6.45) is 0. The molecule has 0 spiro atoms. The van der Waals surface area contributed by atoms with Crippen molar-refractivity contribution in [3.63, 3.8) is 0 Å². The molecule has 0 aliphatic carbocycles. The van der Waals surface area contributed by atoms with E-state index < -0.39 is 0 Å². The second-order valence-electron chi connectivity index (χ2n) is 5.03. The van der Waals surface area contributed by atoms with Gasteiger partial charge in [0.2, 0.25) is 11.0 Å². The van der Waals surface area contributed by atoms with Crippen LogP contribution in [0.25, 0.3) is 0 Å². The summed E-state index contributed by atoms with van der Waals surface area (Å²) >= 11 is 8.61. The molecule has 0 fully saturated rings. The van der Waals surface area contributed by atoms with Crippen molar-refractivity contribution in [3.8, 4) is 6.07 Å². The van der Waals surface area contributed by atoms with E-state index in [0.29, 0.717) is 25.7 Å². The van der Waals surface area contributed by atoms with E-state index in [2.05, 4.69) is 20.8 Å². The monoisotopic (exact) mass is 401 g/mol. The molecular formula is C17H12ClN5OS2. The topological polar surface area (TPSA) is 90.7 Å². The zero-order valence-corrected chi connectivity index (χ0v) is 15.7. The number of thioether (sulfide) groups is 1. The Balaban J connectivity index is 1.51. The molecule has 0 saturated carbocycles. The third-order valence-electron chi connectivity index (χ3n) is 3.11. The van der Waals surface area contributed by atoms with Gasteiger partial charge in [0.25, 0.3) is 0 Å². The molecule has 0 bridgehead atoms. The first-order chi connectivity index (χ1) is 12.6. The summed E-state index contributed by atoms with van der Waals surface area (Å²) < 4.78 is 0.685. The molecule has 0 aliphatic rings. The molecule has 0 unspecified atom stereocenters. The number of amides is 1. The van der Waals surface area contributed by atoms with Crippen molar-refractivity contribution in [3.05, 3.63) is 59.1 Å². The Morgan fingerprint density at radius 1 is 1.19 bits per heavy atom. The highest BCUT2D eigenvalue weighted by Crippen LogP contribution is 2.28. The normalized spacial score (nSPS) is 10.2. The fraction of sp³-hybridized carbons (Fsp3) is 0.0588. The minimum atomic E-state index is -0.153. The summed E-state index contributed by atoms with van der Waals surface area (Å²) in [5.74, 6) is 0.0606. The largest absolute Gasteiger partial charge is 0.330 e. The van der Waals surface area contributed by atoms with Gasteiger partial charge in [-0.05, 0) is 42.5 Å². The van der Waals surface area contributed by atoms with E-state index in [0.717, 1.165) is 5.69 Å². The van der Waals surface area contributed by atoms with Gasteiger partial charge in [0, 0.05) is 16.4 Å². The summed E-state index contributed by atoms with van der Waals surface area (Å²) in [5, 5.41) is 24.0. The Bertz CT molecular complexity index is 952. The smallest absolute Gasteiger partial charge is 0.234 e. The van der Waals surface area contributed by atoms with Gasteiger partial charge in [-0.25, -0.2) is 0 Å². The Morgan fingerprint density at radius 3 is 2.73 bits per heavy atom. The molecule has 2 aromatic carbocycles. The highest BCUT2D eigenvalue weighted by molar-refractivity contribution is 8.01. The van der Waals surface area contributed by atoms with Gasteiger partial charge in [0.05, 0.1) is 17.4 Å². The van der Waals surface area contributed by atoms with Crippen LogP contribution in [-0.4, -0.2) is 21.9 Å². The fourth-order valence-corrected chi connectivity index (χ4v) is 3.72. The number of hydrogen-bond donors (Lipinski definition) is 2. The molecule has 0 atom stereocenters.